The summed E-state index contributed by atoms with van der Waals surface area (Å²) in [6, 6.07) is 9.42. The van der Waals surface area contributed by atoms with Gasteiger partial charge in [0.2, 0.25) is 0 Å². The molecule has 4 nitrogen and oxygen atoms in total. The van der Waals surface area contributed by atoms with E-state index in [0.29, 0.717) is 11.2 Å². The van der Waals surface area contributed by atoms with Gasteiger partial charge < -0.3 is 0 Å². The van der Waals surface area contributed by atoms with Crippen LogP contribution in [0, 0.1) is 11.3 Å². The normalized spacial score (nSPS) is 10.3. The molecule has 0 aliphatic rings. The Balaban J connectivity index is 2.11. The monoisotopic (exact) mass is 238 g/mol. The Morgan fingerprint density at radius 3 is 2.53 bits per heavy atom. The first-order chi connectivity index (χ1) is 8.36. The SMILES string of the molecule is N#Cc1ccc(-c2nc3nccnc3s2)cc1. The number of nitrogens with zero attached hydrogens (tertiary/aromatic N) is 4. The van der Waals surface area contributed by atoms with E-state index in [9.17, 15) is 0 Å². The van der Waals surface area contributed by atoms with Crippen LogP contribution in [0.5, 0.6) is 0 Å². The average Bonchev–Trinajstić information content (AvgIpc) is 2.82. The second-order valence-corrected chi connectivity index (χ2v) is 4.37. The summed E-state index contributed by atoms with van der Waals surface area (Å²) in [5.74, 6) is 0. The van der Waals surface area contributed by atoms with E-state index in [2.05, 4.69) is 21.0 Å². The van der Waals surface area contributed by atoms with Crippen molar-refractivity contribution >= 4 is 21.8 Å². The number of thiazole rings is 1. The molecule has 5 heteroatoms. The fraction of sp³-hybridized carbons (Fsp3) is 0. The first-order valence-corrected chi connectivity index (χ1v) is 5.76. The van der Waals surface area contributed by atoms with Gasteiger partial charge in [0.15, 0.2) is 10.5 Å². The van der Waals surface area contributed by atoms with Crippen molar-refractivity contribution < 1.29 is 0 Å². The van der Waals surface area contributed by atoms with Gasteiger partial charge >= 0.3 is 0 Å². The molecule has 80 valence electrons. The molecule has 0 amide bonds. The van der Waals surface area contributed by atoms with Gasteiger partial charge in [0.25, 0.3) is 0 Å². The summed E-state index contributed by atoms with van der Waals surface area (Å²) >= 11 is 1.50. The van der Waals surface area contributed by atoms with Crippen molar-refractivity contribution in [2.45, 2.75) is 0 Å². The minimum absolute atomic E-state index is 0.645. The van der Waals surface area contributed by atoms with Crippen molar-refractivity contribution in [1.29, 1.82) is 5.26 Å². The first kappa shape index (κ1) is 9.87. The van der Waals surface area contributed by atoms with Gasteiger partial charge in [-0.25, -0.2) is 15.0 Å². The Labute approximate surface area is 101 Å². The third-order valence-corrected chi connectivity index (χ3v) is 3.31. The Morgan fingerprint density at radius 2 is 1.82 bits per heavy atom. The Morgan fingerprint density at radius 1 is 1.06 bits per heavy atom. The number of fused-ring (bicyclic) bond motifs is 1. The molecule has 2 aromatic heterocycles. The molecule has 17 heavy (non-hydrogen) atoms. The van der Waals surface area contributed by atoms with Crippen LogP contribution in [0.1, 0.15) is 5.56 Å². The lowest BCUT2D eigenvalue weighted by molar-refractivity contribution is 1.26. The highest BCUT2D eigenvalue weighted by molar-refractivity contribution is 7.21. The second-order valence-electron chi connectivity index (χ2n) is 3.39. The molecular weight excluding hydrogens is 232 g/mol. The van der Waals surface area contributed by atoms with Crippen LogP contribution in [0.2, 0.25) is 0 Å². The van der Waals surface area contributed by atoms with Gasteiger partial charge in [0, 0.05) is 18.0 Å². The van der Waals surface area contributed by atoms with Crippen LogP contribution in [-0.4, -0.2) is 15.0 Å². The maximum Gasteiger partial charge on any atom is 0.190 e. The lowest BCUT2D eigenvalue weighted by atomic mass is 10.1. The Bertz CT molecular complexity index is 676. The minimum Gasteiger partial charge on any atom is -0.240 e. The zero-order valence-electron chi connectivity index (χ0n) is 8.66. The largest absolute Gasteiger partial charge is 0.240 e. The summed E-state index contributed by atoms with van der Waals surface area (Å²) in [6.45, 7) is 0. The molecule has 0 bridgehead atoms. The van der Waals surface area contributed by atoms with Crippen molar-refractivity contribution in [3.8, 4) is 16.6 Å². The van der Waals surface area contributed by atoms with E-state index >= 15 is 0 Å². The van der Waals surface area contributed by atoms with E-state index in [4.69, 9.17) is 5.26 Å². The van der Waals surface area contributed by atoms with Crippen molar-refractivity contribution in [3.05, 3.63) is 42.2 Å². The fourth-order valence-electron chi connectivity index (χ4n) is 1.49. The van der Waals surface area contributed by atoms with Gasteiger partial charge in [0.1, 0.15) is 5.01 Å². The summed E-state index contributed by atoms with van der Waals surface area (Å²) in [6.07, 6.45) is 3.29. The molecule has 2 heterocycles. The third kappa shape index (κ3) is 1.75. The van der Waals surface area contributed by atoms with Gasteiger partial charge in [0.05, 0.1) is 11.6 Å². The minimum atomic E-state index is 0.645. The lowest BCUT2D eigenvalue weighted by Crippen LogP contribution is -1.79. The van der Waals surface area contributed by atoms with Gasteiger partial charge in [-0.2, -0.15) is 5.26 Å². The number of hydrogen-bond acceptors (Lipinski definition) is 5. The highest BCUT2D eigenvalue weighted by Crippen LogP contribution is 2.27. The zero-order valence-corrected chi connectivity index (χ0v) is 9.48. The molecule has 0 saturated carbocycles. The molecule has 0 N–H and O–H groups in total. The molecule has 0 saturated heterocycles. The molecule has 0 unspecified atom stereocenters. The van der Waals surface area contributed by atoms with Crippen molar-refractivity contribution in [3.63, 3.8) is 0 Å². The van der Waals surface area contributed by atoms with Gasteiger partial charge in [-0.05, 0) is 12.1 Å². The van der Waals surface area contributed by atoms with Crippen LogP contribution in [0.15, 0.2) is 36.7 Å². The number of benzene rings is 1. The summed E-state index contributed by atoms with van der Waals surface area (Å²) in [7, 11) is 0. The predicted octanol–water partition coefficient (Wildman–Crippen LogP) is 2.62. The number of rotatable bonds is 1. The van der Waals surface area contributed by atoms with Crippen LogP contribution >= 0.6 is 11.3 Å². The number of aromatic nitrogens is 3. The summed E-state index contributed by atoms with van der Waals surface area (Å²) < 4.78 is 0. The molecule has 0 aliphatic carbocycles. The van der Waals surface area contributed by atoms with Gasteiger partial charge in [-0.1, -0.05) is 23.5 Å². The van der Waals surface area contributed by atoms with E-state index in [1.807, 2.05) is 12.1 Å². The van der Waals surface area contributed by atoms with Crippen LogP contribution in [0.4, 0.5) is 0 Å². The van der Waals surface area contributed by atoms with Crippen molar-refractivity contribution in [2.75, 3.05) is 0 Å². The topological polar surface area (TPSA) is 62.5 Å². The molecule has 0 spiro atoms. The Hall–Kier alpha value is -2.32. The fourth-order valence-corrected chi connectivity index (χ4v) is 2.36. The molecule has 3 rings (SSSR count). The molecule has 0 aliphatic heterocycles. The van der Waals surface area contributed by atoms with E-state index in [1.54, 1.807) is 24.5 Å². The van der Waals surface area contributed by atoms with E-state index < -0.39 is 0 Å². The summed E-state index contributed by atoms with van der Waals surface area (Å²) in [5.41, 5.74) is 2.29. The zero-order chi connectivity index (χ0) is 11.7. The predicted molar refractivity (Wildman–Crippen MR) is 65.4 cm³/mol. The maximum atomic E-state index is 8.73. The molecule has 1 aromatic carbocycles. The van der Waals surface area contributed by atoms with E-state index in [0.717, 1.165) is 15.4 Å². The molecule has 0 atom stereocenters. The van der Waals surface area contributed by atoms with Crippen molar-refractivity contribution in [1.82, 2.24) is 15.0 Å². The average molecular weight is 238 g/mol. The summed E-state index contributed by atoms with van der Waals surface area (Å²) in [4.78, 5) is 13.6. The number of nitriles is 1. The molecular formula is C12H6N4S. The van der Waals surface area contributed by atoms with E-state index in [1.165, 1.54) is 11.3 Å². The first-order valence-electron chi connectivity index (χ1n) is 4.95. The van der Waals surface area contributed by atoms with E-state index in [-0.39, 0.29) is 0 Å². The summed E-state index contributed by atoms with van der Waals surface area (Å²) in [5, 5.41) is 9.60. The van der Waals surface area contributed by atoms with Gasteiger partial charge in [-0.3, -0.25) is 0 Å². The van der Waals surface area contributed by atoms with Crippen LogP contribution in [0.25, 0.3) is 21.0 Å². The van der Waals surface area contributed by atoms with Crippen LogP contribution in [0.3, 0.4) is 0 Å². The highest BCUT2D eigenvalue weighted by Gasteiger charge is 2.07. The molecule has 0 fully saturated rings. The smallest absolute Gasteiger partial charge is 0.190 e. The molecule has 3 aromatic rings. The number of hydrogen-bond donors (Lipinski definition) is 0. The Kier molecular flexibility index (Phi) is 2.28. The highest BCUT2D eigenvalue weighted by atomic mass is 32.1. The van der Waals surface area contributed by atoms with Gasteiger partial charge in [-0.15, -0.1) is 0 Å². The quantitative estimate of drug-likeness (QED) is 0.653. The standard InChI is InChI=1S/C12H6N4S/c13-7-8-1-3-9(4-2-8)11-16-10-12(17-11)15-6-5-14-10/h1-6H. The van der Waals surface area contributed by atoms with Crippen LogP contribution < -0.4 is 0 Å². The molecule has 0 radical (unpaired) electrons. The second kappa shape index (κ2) is 3.92. The maximum absolute atomic E-state index is 8.73. The third-order valence-electron chi connectivity index (χ3n) is 2.31. The lowest BCUT2D eigenvalue weighted by Gasteiger charge is -1.94. The van der Waals surface area contributed by atoms with Crippen molar-refractivity contribution in [2.24, 2.45) is 0 Å². The van der Waals surface area contributed by atoms with Crippen LogP contribution in [-0.2, 0) is 0 Å².